The molecule has 1 heterocycles. The first-order chi connectivity index (χ1) is 4.64. The van der Waals surface area contributed by atoms with Gasteiger partial charge in [-0.25, -0.2) is 4.99 Å². The van der Waals surface area contributed by atoms with Gasteiger partial charge in [0, 0.05) is 7.11 Å². The Bertz CT molecular complexity index is 152. The average molecular weight is 143 g/mol. The van der Waals surface area contributed by atoms with Crippen LogP contribution in [0, 0.1) is 0 Å². The highest BCUT2D eigenvalue weighted by Gasteiger charge is 2.25. The molecule has 3 heteroatoms. The van der Waals surface area contributed by atoms with Crippen molar-refractivity contribution in [3.63, 3.8) is 0 Å². The van der Waals surface area contributed by atoms with E-state index in [-0.39, 0.29) is 5.54 Å². The minimum absolute atomic E-state index is 0.0478. The van der Waals surface area contributed by atoms with Crippen molar-refractivity contribution in [1.29, 1.82) is 0 Å². The molecule has 0 radical (unpaired) electrons. The predicted octanol–water partition coefficient (Wildman–Crippen LogP) is 0.840. The first-order valence-electron chi connectivity index (χ1n) is 3.34. The van der Waals surface area contributed by atoms with E-state index in [1.807, 2.05) is 13.8 Å². The summed E-state index contributed by atoms with van der Waals surface area (Å²) in [5, 5.41) is 0. The van der Waals surface area contributed by atoms with Gasteiger partial charge in [-0.15, -0.1) is 0 Å². The van der Waals surface area contributed by atoms with Crippen LogP contribution in [0.1, 0.15) is 13.8 Å². The fraction of sp³-hybridized carbons (Fsp3) is 0.857. The summed E-state index contributed by atoms with van der Waals surface area (Å²) in [7, 11) is 1.64. The fourth-order valence-corrected chi connectivity index (χ4v) is 0.859. The first kappa shape index (κ1) is 7.54. The molecular weight excluding hydrogens is 130 g/mol. The fourth-order valence-electron chi connectivity index (χ4n) is 0.859. The van der Waals surface area contributed by atoms with Crippen molar-refractivity contribution in [2.75, 3.05) is 20.3 Å². The summed E-state index contributed by atoms with van der Waals surface area (Å²) in [6, 6.07) is 0. The Kier molecular flexibility index (Phi) is 1.94. The van der Waals surface area contributed by atoms with Gasteiger partial charge in [0.2, 0.25) is 5.90 Å². The molecule has 58 valence electrons. The Balaban J connectivity index is 2.49. The Morgan fingerprint density at radius 1 is 1.70 bits per heavy atom. The molecule has 0 aromatic heterocycles. The molecule has 3 nitrogen and oxygen atoms in total. The quantitative estimate of drug-likeness (QED) is 0.573. The maximum absolute atomic E-state index is 5.23. The Hall–Kier alpha value is -0.570. The van der Waals surface area contributed by atoms with Crippen molar-refractivity contribution >= 4 is 5.90 Å². The average Bonchev–Trinajstić information content (AvgIpc) is 2.12. The standard InChI is InChI=1S/C7H13NO2/c1-7(2)5-10-6(8-7)4-9-3/h4-5H2,1-3H3. The number of rotatable bonds is 2. The third-order valence-corrected chi connectivity index (χ3v) is 1.29. The Morgan fingerprint density at radius 2 is 2.40 bits per heavy atom. The minimum atomic E-state index is -0.0478. The van der Waals surface area contributed by atoms with Gasteiger partial charge in [-0.1, -0.05) is 0 Å². The molecular formula is C7H13NO2. The molecule has 0 saturated carbocycles. The van der Waals surface area contributed by atoms with E-state index in [9.17, 15) is 0 Å². The highest BCUT2D eigenvalue weighted by molar-refractivity contribution is 5.79. The molecule has 0 spiro atoms. The van der Waals surface area contributed by atoms with Crippen LogP contribution in [-0.4, -0.2) is 31.8 Å². The van der Waals surface area contributed by atoms with Crippen LogP contribution in [-0.2, 0) is 9.47 Å². The number of hydrogen-bond donors (Lipinski definition) is 0. The normalized spacial score (nSPS) is 22.1. The molecule has 0 saturated heterocycles. The number of nitrogens with zero attached hydrogens (tertiary/aromatic N) is 1. The molecule has 0 N–H and O–H groups in total. The highest BCUT2D eigenvalue weighted by Crippen LogP contribution is 2.16. The smallest absolute Gasteiger partial charge is 0.210 e. The predicted molar refractivity (Wildman–Crippen MR) is 39.3 cm³/mol. The van der Waals surface area contributed by atoms with Crippen LogP contribution >= 0.6 is 0 Å². The number of ether oxygens (including phenoxy) is 2. The van der Waals surface area contributed by atoms with Gasteiger partial charge in [-0.05, 0) is 13.8 Å². The van der Waals surface area contributed by atoms with Crippen molar-refractivity contribution in [3.8, 4) is 0 Å². The van der Waals surface area contributed by atoms with E-state index in [0.29, 0.717) is 19.1 Å². The van der Waals surface area contributed by atoms with E-state index in [4.69, 9.17) is 9.47 Å². The van der Waals surface area contributed by atoms with Gasteiger partial charge in [-0.2, -0.15) is 0 Å². The van der Waals surface area contributed by atoms with Crippen molar-refractivity contribution in [1.82, 2.24) is 0 Å². The molecule has 0 bridgehead atoms. The summed E-state index contributed by atoms with van der Waals surface area (Å²) in [5.41, 5.74) is -0.0478. The summed E-state index contributed by atoms with van der Waals surface area (Å²) in [6.07, 6.45) is 0. The van der Waals surface area contributed by atoms with Crippen LogP contribution in [0.4, 0.5) is 0 Å². The third kappa shape index (κ3) is 1.70. The van der Waals surface area contributed by atoms with Gasteiger partial charge in [0.25, 0.3) is 0 Å². The number of aliphatic imine (C=N–C) groups is 1. The lowest BCUT2D eigenvalue weighted by Crippen LogP contribution is -2.17. The van der Waals surface area contributed by atoms with E-state index < -0.39 is 0 Å². The molecule has 0 fully saturated rings. The largest absolute Gasteiger partial charge is 0.477 e. The van der Waals surface area contributed by atoms with Crippen LogP contribution in [0.2, 0.25) is 0 Å². The van der Waals surface area contributed by atoms with Crippen molar-refractivity contribution in [3.05, 3.63) is 0 Å². The molecule has 0 atom stereocenters. The zero-order valence-corrected chi connectivity index (χ0v) is 6.68. The molecule has 10 heavy (non-hydrogen) atoms. The Morgan fingerprint density at radius 3 is 2.80 bits per heavy atom. The van der Waals surface area contributed by atoms with E-state index >= 15 is 0 Å². The molecule has 1 aliphatic rings. The second kappa shape index (κ2) is 2.58. The highest BCUT2D eigenvalue weighted by atomic mass is 16.5. The maximum atomic E-state index is 5.23. The van der Waals surface area contributed by atoms with Gasteiger partial charge in [0.15, 0.2) is 0 Å². The zero-order chi connectivity index (χ0) is 7.61. The van der Waals surface area contributed by atoms with E-state index in [1.54, 1.807) is 7.11 Å². The van der Waals surface area contributed by atoms with Crippen molar-refractivity contribution in [2.45, 2.75) is 19.4 Å². The van der Waals surface area contributed by atoms with Crippen molar-refractivity contribution < 1.29 is 9.47 Å². The van der Waals surface area contributed by atoms with Crippen LogP contribution in [0.3, 0.4) is 0 Å². The van der Waals surface area contributed by atoms with Gasteiger partial charge in [0.1, 0.15) is 13.2 Å². The van der Waals surface area contributed by atoms with Crippen LogP contribution in [0.15, 0.2) is 4.99 Å². The van der Waals surface area contributed by atoms with Crippen LogP contribution in [0.5, 0.6) is 0 Å². The third-order valence-electron chi connectivity index (χ3n) is 1.29. The van der Waals surface area contributed by atoms with Crippen LogP contribution < -0.4 is 0 Å². The molecule has 1 aliphatic heterocycles. The molecule has 0 aromatic carbocycles. The van der Waals surface area contributed by atoms with Gasteiger partial charge >= 0.3 is 0 Å². The number of methoxy groups -OCH3 is 1. The monoisotopic (exact) mass is 143 g/mol. The zero-order valence-electron chi connectivity index (χ0n) is 6.68. The molecule has 0 aliphatic carbocycles. The SMILES string of the molecule is COCC1=NC(C)(C)CO1. The van der Waals surface area contributed by atoms with Gasteiger partial charge in [0.05, 0.1) is 5.54 Å². The van der Waals surface area contributed by atoms with Gasteiger partial charge in [-0.3, -0.25) is 0 Å². The summed E-state index contributed by atoms with van der Waals surface area (Å²) < 4.78 is 10.1. The first-order valence-corrected chi connectivity index (χ1v) is 3.34. The van der Waals surface area contributed by atoms with E-state index in [1.165, 1.54) is 0 Å². The lowest BCUT2D eigenvalue weighted by Gasteiger charge is -2.07. The van der Waals surface area contributed by atoms with E-state index in [0.717, 1.165) is 0 Å². The number of hydrogen-bond acceptors (Lipinski definition) is 3. The van der Waals surface area contributed by atoms with E-state index in [2.05, 4.69) is 4.99 Å². The van der Waals surface area contributed by atoms with Gasteiger partial charge < -0.3 is 9.47 Å². The summed E-state index contributed by atoms with van der Waals surface area (Å²) in [5.74, 6) is 0.715. The topological polar surface area (TPSA) is 30.8 Å². The lowest BCUT2D eigenvalue weighted by atomic mass is 10.1. The maximum Gasteiger partial charge on any atom is 0.210 e. The molecule has 0 amide bonds. The lowest BCUT2D eigenvalue weighted by molar-refractivity contribution is 0.206. The van der Waals surface area contributed by atoms with Crippen molar-refractivity contribution in [2.24, 2.45) is 4.99 Å². The summed E-state index contributed by atoms with van der Waals surface area (Å²) in [6.45, 7) is 5.24. The molecule has 0 aromatic rings. The summed E-state index contributed by atoms with van der Waals surface area (Å²) in [4.78, 5) is 4.28. The molecule has 1 rings (SSSR count). The Labute approximate surface area is 61.0 Å². The van der Waals surface area contributed by atoms with Crippen LogP contribution in [0.25, 0.3) is 0 Å². The summed E-state index contributed by atoms with van der Waals surface area (Å²) >= 11 is 0. The second-order valence-corrected chi connectivity index (χ2v) is 3.04. The minimum Gasteiger partial charge on any atom is -0.477 e. The second-order valence-electron chi connectivity index (χ2n) is 3.04. The molecule has 0 unspecified atom stereocenters.